The summed E-state index contributed by atoms with van der Waals surface area (Å²) in [7, 11) is 0. The average Bonchev–Trinajstić information content (AvgIpc) is 2.73. The highest BCUT2D eigenvalue weighted by atomic mass is 16.4. The van der Waals surface area contributed by atoms with Crippen LogP contribution in [-0.2, 0) is 24.2 Å². The fraction of sp³-hybridized carbons (Fsp3) is 0.600. The van der Waals surface area contributed by atoms with Crippen molar-refractivity contribution in [3.8, 4) is 0 Å². The van der Waals surface area contributed by atoms with Gasteiger partial charge in [-0.1, -0.05) is 0 Å². The number of imidazole rings is 1. The van der Waals surface area contributed by atoms with Crippen LogP contribution in [-0.4, -0.2) is 27.2 Å². The van der Waals surface area contributed by atoms with Crippen molar-refractivity contribution < 1.29 is 9.90 Å². The van der Waals surface area contributed by atoms with Crippen LogP contribution in [0.4, 0.5) is 5.82 Å². The number of aryl methyl sites for hydroxylation is 1. The third-order valence-corrected chi connectivity index (χ3v) is 3.18. The molecule has 2 aliphatic heterocycles. The minimum absolute atomic E-state index is 0.290. The number of anilines is 1. The number of carboxylic acid groups (broad SMARTS) is 1. The quantitative estimate of drug-likeness (QED) is 0.703. The van der Waals surface area contributed by atoms with E-state index < -0.39 is 5.97 Å². The van der Waals surface area contributed by atoms with Gasteiger partial charge in [-0.2, -0.15) is 0 Å². The first-order chi connectivity index (χ1) is 7.25. The lowest BCUT2D eigenvalue weighted by molar-refractivity contribution is -0.141. The van der Waals surface area contributed by atoms with Crippen molar-refractivity contribution in [2.75, 3.05) is 11.9 Å². The zero-order valence-electron chi connectivity index (χ0n) is 8.36. The van der Waals surface area contributed by atoms with Gasteiger partial charge in [0.15, 0.2) is 0 Å². The van der Waals surface area contributed by atoms with Gasteiger partial charge < -0.3 is 15.0 Å². The molecule has 0 saturated heterocycles. The van der Waals surface area contributed by atoms with Crippen molar-refractivity contribution in [2.45, 2.75) is 25.8 Å². The highest BCUT2D eigenvalue weighted by Crippen LogP contribution is 2.30. The van der Waals surface area contributed by atoms with Crippen molar-refractivity contribution in [2.24, 2.45) is 5.92 Å². The van der Waals surface area contributed by atoms with Crippen LogP contribution in [0.2, 0.25) is 0 Å². The van der Waals surface area contributed by atoms with Crippen molar-refractivity contribution in [1.82, 2.24) is 9.55 Å². The number of nitrogens with one attached hydrogen (secondary N) is 1. The van der Waals surface area contributed by atoms with Crippen LogP contribution in [0.5, 0.6) is 0 Å². The Balaban J connectivity index is 1.95. The van der Waals surface area contributed by atoms with E-state index in [2.05, 4.69) is 10.3 Å². The number of hydrogen-bond acceptors (Lipinski definition) is 3. The van der Waals surface area contributed by atoms with E-state index in [1.165, 1.54) is 0 Å². The van der Waals surface area contributed by atoms with Crippen molar-refractivity contribution in [3.63, 3.8) is 0 Å². The van der Waals surface area contributed by atoms with Crippen LogP contribution in [0.3, 0.4) is 0 Å². The number of hydrogen-bond donors (Lipinski definition) is 2. The second-order valence-electron chi connectivity index (χ2n) is 4.20. The maximum atomic E-state index is 10.9. The molecule has 0 saturated carbocycles. The van der Waals surface area contributed by atoms with Gasteiger partial charge in [0.2, 0.25) is 0 Å². The summed E-state index contributed by atoms with van der Waals surface area (Å²) in [6, 6.07) is 0. The molecule has 5 heteroatoms. The number of aliphatic carboxylic acids is 1. The summed E-state index contributed by atoms with van der Waals surface area (Å²) in [4.78, 5) is 15.4. The molecule has 2 N–H and O–H groups in total. The Morgan fingerprint density at radius 2 is 2.47 bits per heavy atom. The molecular weight excluding hydrogens is 194 g/mol. The Kier molecular flexibility index (Phi) is 1.74. The predicted molar refractivity (Wildman–Crippen MR) is 53.9 cm³/mol. The molecular formula is C10H13N3O2. The summed E-state index contributed by atoms with van der Waals surface area (Å²) < 4.78 is 2.03. The summed E-state index contributed by atoms with van der Waals surface area (Å²) in [5.41, 5.74) is 1.11. The van der Waals surface area contributed by atoms with Gasteiger partial charge in [-0.15, -0.1) is 0 Å². The van der Waals surface area contributed by atoms with E-state index in [0.717, 1.165) is 36.7 Å². The molecule has 1 atom stereocenters. The average molecular weight is 207 g/mol. The molecule has 3 rings (SSSR count). The normalized spacial score (nSPS) is 23.1. The van der Waals surface area contributed by atoms with Crippen molar-refractivity contribution >= 4 is 11.8 Å². The summed E-state index contributed by atoms with van der Waals surface area (Å²) in [6.45, 7) is 1.54. The van der Waals surface area contributed by atoms with Crippen molar-refractivity contribution in [3.05, 3.63) is 11.5 Å². The Morgan fingerprint density at radius 3 is 3.27 bits per heavy atom. The Labute approximate surface area is 87.1 Å². The standard InChI is InChI=1S/C10H13N3O2/c14-10(15)6-4-8-12-7-2-1-3-11-9(7)13(8)5-6/h6,11H,1-5H2,(H,14,15). The number of aromatic nitrogens is 2. The van der Waals surface area contributed by atoms with Gasteiger partial charge in [-0.25, -0.2) is 4.98 Å². The van der Waals surface area contributed by atoms with Gasteiger partial charge in [0.1, 0.15) is 11.6 Å². The molecule has 5 nitrogen and oxygen atoms in total. The molecule has 0 amide bonds. The third kappa shape index (κ3) is 1.22. The molecule has 80 valence electrons. The highest BCUT2D eigenvalue weighted by molar-refractivity contribution is 5.71. The number of nitrogens with zero attached hydrogens (tertiary/aromatic N) is 2. The monoisotopic (exact) mass is 207 g/mol. The minimum atomic E-state index is -0.718. The molecule has 0 aromatic carbocycles. The Hall–Kier alpha value is -1.52. The van der Waals surface area contributed by atoms with Crippen LogP contribution in [0.25, 0.3) is 0 Å². The van der Waals surface area contributed by atoms with E-state index in [0.29, 0.717) is 13.0 Å². The number of fused-ring (bicyclic) bond motifs is 3. The summed E-state index contributed by atoms with van der Waals surface area (Å²) in [5.74, 6) is 0.980. The first kappa shape index (κ1) is 8.76. The van der Waals surface area contributed by atoms with E-state index >= 15 is 0 Å². The lowest BCUT2D eigenvalue weighted by Gasteiger charge is -2.15. The molecule has 1 aromatic rings. The van der Waals surface area contributed by atoms with Gasteiger partial charge in [-0.3, -0.25) is 4.79 Å². The largest absolute Gasteiger partial charge is 0.481 e. The first-order valence-electron chi connectivity index (χ1n) is 5.30. The van der Waals surface area contributed by atoms with Gasteiger partial charge in [0.25, 0.3) is 0 Å². The minimum Gasteiger partial charge on any atom is -0.481 e. The Morgan fingerprint density at radius 1 is 1.60 bits per heavy atom. The van der Waals surface area contributed by atoms with Crippen LogP contribution < -0.4 is 5.32 Å². The predicted octanol–water partition coefficient (Wildman–Crippen LogP) is 0.498. The zero-order chi connectivity index (χ0) is 10.4. The van der Waals surface area contributed by atoms with Gasteiger partial charge >= 0.3 is 5.97 Å². The fourth-order valence-electron chi connectivity index (χ4n) is 2.41. The molecule has 0 radical (unpaired) electrons. The van der Waals surface area contributed by atoms with Crippen LogP contribution in [0, 0.1) is 5.92 Å². The SMILES string of the molecule is O=C(O)C1Cc2nc3c(n2C1)NCCC3. The molecule has 0 spiro atoms. The smallest absolute Gasteiger partial charge is 0.308 e. The van der Waals surface area contributed by atoms with E-state index in [9.17, 15) is 4.79 Å². The third-order valence-electron chi connectivity index (χ3n) is 3.18. The second-order valence-corrected chi connectivity index (χ2v) is 4.20. The number of rotatable bonds is 1. The first-order valence-corrected chi connectivity index (χ1v) is 5.30. The summed E-state index contributed by atoms with van der Waals surface area (Å²) in [5, 5.41) is 12.3. The lowest BCUT2D eigenvalue weighted by Crippen LogP contribution is -2.18. The molecule has 3 heterocycles. The van der Waals surface area contributed by atoms with E-state index in [-0.39, 0.29) is 5.92 Å². The van der Waals surface area contributed by atoms with E-state index in [1.807, 2.05) is 4.57 Å². The number of carboxylic acids is 1. The van der Waals surface area contributed by atoms with Gasteiger partial charge in [0, 0.05) is 19.5 Å². The second kappa shape index (κ2) is 2.98. The molecule has 0 aliphatic carbocycles. The molecule has 0 bridgehead atoms. The summed E-state index contributed by atoms with van der Waals surface area (Å²) in [6.07, 6.45) is 2.70. The zero-order valence-corrected chi connectivity index (χ0v) is 8.36. The molecule has 1 aromatic heterocycles. The lowest BCUT2D eigenvalue weighted by atomic mass is 10.1. The Bertz CT molecular complexity index is 425. The fourth-order valence-corrected chi connectivity index (χ4v) is 2.41. The number of carbonyl (C=O) groups is 1. The highest BCUT2D eigenvalue weighted by Gasteiger charge is 2.32. The van der Waals surface area contributed by atoms with Gasteiger partial charge in [-0.05, 0) is 12.8 Å². The van der Waals surface area contributed by atoms with Crippen LogP contribution >= 0.6 is 0 Å². The van der Waals surface area contributed by atoms with Crippen molar-refractivity contribution in [1.29, 1.82) is 0 Å². The summed E-state index contributed by atoms with van der Waals surface area (Å²) >= 11 is 0. The maximum absolute atomic E-state index is 10.9. The maximum Gasteiger partial charge on any atom is 0.308 e. The van der Waals surface area contributed by atoms with Crippen LogP contribution in [0.1, 0.15) is 17.9 Å². The van der Waals surface area contributed by atoms with E-state index in [1.54, 1.807) is 0 Å². The molecule has 1 unspecified atom stereocenters. The van der Waals surface area contributed by atoms with Gasteiger partial charge in [0.05, 0.1) is 11.6 Å². The molecule has 0 fully saturated rings. The molecule has 2 aliphatic rings. The topological polar surface area (TPSA) is 67.1 Å². The van der Waals surface area contributed by atoms with Crippen LogP contribution in [0.15, 0.2) is 0 Å². The van der Waals surface area contributed by atoms with E-state index in [4.69, 9.17) is 5.11 Å². The molecule has 15 heavy (non-hydrogen) atoms.